The van der Waals surface area contributed by atoms with E-state index in [0.717, 1.165) is 35.1 Å². The fourth-order valence-corrected chi connectivity index (χ4v) is 5.48. The summed E-state index contributed by atoms with van der Waals surface area (Å²) in [6.45, 7) is 27.1. The van der Waals surface area contributed by atoms with Crippen LogP contribution in [0.5, 0.6) is 35.0 Å². The zero-order chi connectivity index (χ0) is 34.7. The lowest BCUT2D eigenvalue weighted by atomic mass is 9.79. The Kier molecular flexibility index (Phi) is 11.4. The summed E-state index contributed by atoms with van der Waals surface area (Å²) in [6.07, 6.45) is 7.61. The van der Waals surface area contributed by atoms with Gasteiger partial charge in [0.05, 0.1) is 0 Å². The minimum Gasteiger partial charge on any atom is -0.507 e. The molecule has 254 valence electrons. The van der Waals surface area contributed by atoms with Crippen molar-refractivity contribution < 1.29 is 19.7 Å². The summed E-state index contributed by atoms with van der Waals surface area (Å²) in [6, 6.07) is 7.76. The van der Waals surface area contributed by atoms with Gasteiger partial charge in [-0.15, -0.1) is 4.98 Å². The van der Waals surface area contributed by atoms with Crippen molar-refractivity contribution in [1.29, 1.82) is 0 Å². The molecule has 0 saturated carbocycles. The Morgan fingerprint density at radius 3 is 1.15 bits per heavy atom. The van der Waals surface area contributed by atoms with Crippen LogP contribution < -0.4 is 9.47 Å². The average Bonchev–Trinajstić information content (AvgIpc) is 2.90. The van der Waals surface area contributed by atoms with Crippen molar-refractivity contribution in [3.63, 3.8) is 0 Å². The van der Waals surface area contributed by atoms with E-state index in [2.05, 4.69) is 95.0 Å². The van der Waals surface area contributed by atoms with Gasteiger partial charge in [-0.05, 0) is 52.3 Å². The highest BCUT2D eigenvalue weighted by atomic mass is 16.5. The van der Waals surface area contributed by atoms with Gasteiger partial charge < -0.3 is 19.7 Å². The zero-order valence-corrected chi connectivity index (χ0v) is 30.8. The van der Waals surface area contributed by atoms with E-state index in [-0.39, 0.29) is 45.2 Å². The number of aromatic nitrogens is 3. The molecule has 0 spiro atoms. The van der Waals surface area contributed by atoms with Crippen molar-refractivity contribution in [2.75, 3.05) is 0 Å². The predicted octanol–water partition coefficient (Wildman–Crippen LogP) is 11.0. The normalized spacial score (nSPS) is 12.8. The molecule has 0 bridgehead atoms. The van der Waals surface area contributed by atoms with E-state index in [1.165, 1.54) is 25.7 Å². The summed E-state index contributed by atoms with van der Waals surface area (Å²) in [7, 11) is 0. The molecule has 0 atom stereocenters. The van der Waals surface area contributed by atoms with Crippen molar-refractivity contribution in [3.8, 4) is 35.0 Å². The van der Waals surface area contributed by atoms with Gasteiger partial charge in [0.25, 0.3) is 0 Å². The molecule has 1 aromatic heterocycles. The van der Waals surface area contributed by atoms with Crippen LogP contribution in [-0.4, -0.2) is 25.2 Å². The zero-order valence-electron chi connectivity index (χ0n) is 30.8. The predicted molar refractivity (Wildman–Crippen MR) is 188 cm³/mol. The van der Waals surface area contributed by atoms with Gasteiger partial charge in [-0.25, -0.2) is 0 Å². The van der Waals surface area contributed by atoms with E-state index in [1.54, 1.807) is 0 Å². The number of benzene rings is 2. The van der Waals surface area contributed by atoms with Crippen molar-refractivity contribution >= 4 is 0 Å². The lowest BCUT2D eigenvalue weighted by Gasteiger charge is -2.28. The monoisotopic (exact) mass is 633 g/mol. The number of aryl methyl sites for hydroxylation is 1. The Hall–Kier alpha value is -3.35. The second kappa shape index (κ2) is 14.2. The smallest absolute Gasteiger partial charge is 0.328 e. The standard InChI is InChI=1S/C39H59N3O4/c1-14-15-16-17-18-19-20-31-40-34(45-25-21-27(36(2,3)4)32(43)28(22-25)37(5,6)7)42-35(41-31)46-26-23-29(38(8,9)10)33(44)30(24-26)39(11,12)13/h21-24,43-44H,14-20H2,1-13H3. The van der Waals surface area contributed by atoms with E-state index < -0.39 is 0 Å². The van der Waals surface area contributed by atoms with Gasteiger partial charge in [0.2, 0.25) is 0 Å². The van der Waals surface area contributed by atoms with E-state index >= 15 is 0 Å². The van der Waals surface area contributed by atoms with E-state index in [1.807, 2.05) is 24.3 Å². The van der Waals surface area contributed by atoms with Gasteiger partial charge in [-0.3, -0.25) is 0 Å². The molecule has 0 aliphatic heterocycles. The maximum absolute atomic E-state index is 11.2. The molecule has 0 radical (unpaired) electrons. The van der Waals surface area contributed by atoms with Gasteiger partial charge in [-0.2, -0.15) is 9.97 Å². The summed E-state index contributed by atoms with van der Waals surface area (Å²) in [4.78, 5) is 14.0. The molecule has 46 heavy (non-hydrogen) atoms. The first-order valence-electron chi connectivity index (χ1n) is 17.0. The maximum Gasteiger partial charge on any atom is 0.328 e. The van der Waals surface area contributed by atoms with Crippen molar-refractivity contribution in [2.24, 2.45) is 0 Å². The Morgan fingerprint density at radius 1 is 0.500 bits per heavy atom. The topological polar surface area (TPSA) is 97.6 Å². The summed E-state index contributed by atoms with van der Waals surface area (Å²) in [5.41, 5.74) is 1.93. The molecular weight excluding hydrogens is 574 g/mol. The quantitative estimate of drug-likeness (QED) is 0.203. The van der Waals surface area contributed by atoms with E-state index in [0.29, 0.717) is 23.7 Å². The maximum atomic E-state index is 11.2. The number of rotatable bonds is 11. The van der Waals surface area contributed by atoms with Crippen LogP contribution in [-0.2, 0) is 28.1 Å². The van der Waals surface area contributed by atoms with Gasteiger partial charge in [0.15, 0.2) is 0 Å². The molecule has 0 fully saturated rings. The molecule has 0 aliphatic rings. The van der Waals surface area contributed by atoms with Gasteiger partial charge in [-0.1, -0.05) is 122 Å². The van der Waals surface area contributed by atoms with Crippen molar-refractivity contribution in [3.05, 3.63) is 52.3 Å². The third-order valence-electron chi connectivity index (χ3n) is 8.21. The molecular formula is C39H59N3O4. The number of aromatic hydroxyl groups is 2. The molecule has 2 N–H and O–H groups in total. The molecule has 3 rings (SSSR count). The van der Waals surface area contributed by atoms with Crippen LogP contribution in [0, 0.1) is 0 Å². The Labute approximate surface area is 278 Å². The molecule has 7 nitrogen and oxygen atoms in total. The number of nitrogens with zero attached hydrogens (tertiary/aromatic N) is 3. The number of phenolic OH excluding ortho intramolecular Hbond substituents is 2. The molecule has 1 heterocycles. The van der Waals surface area contributed by atoms with Crippen LogP contribution >= 0.6 is 0 Å². The lowest BCUT2D eigenvalue weighted by molar-refractivity contribution is 0.380. The summed E-state index contributed by atoms with van der Waals surface area (Å²) >= 11 is 0. The fraction of sp³-hybridized carbons (Fsp3) is 0.615. The number of hydrogen-bond acceptors (Lipinski definition) is 7. The van der Waals surface area contributed by atoms with Crippen molar-refractivity contribution in [2.45, 2.75) is 157 Å². The summed E-state index contributed by atoms with van der Waals surface area (Å²) < 4.78 is 12.7. The molecule has 0 saturated heterocycles. The van der Waals surface area contributed by atoms with Crippen LogP contribution in [0.2, 0.25) is 0 Å². The molecule has 0 unspecified atom stereocenters. The molecule has 3 aromatic rings. The lowest BCUT2D eigenvalue weighted by Crippen LogP contribution is -2.17. The first-order valence-corrected chi connectivity index (χ1v) is 17.0. The van der Waals surface area contributed by atoms with E-state index in [4.69, 9.17) is 19.4 Å². The van der Waals surface area contributed by atoms with Crippen LogP contribution in [0.1, 0.15) is 157 Å². The second-order valence-electron chi connectivity index (χ2n) is 16.8. The molecule has 0 aliphatic carbocycles. The summed E-state index contributed by atoms with van der Waals surface area (Å²) in [5.74, 6) is 2.27. The van der Waals surface area contributed by atoms with Gasteiger partial charge >= 0.3 is 12.0 Å². The van der Waals surface area contributed by atoms with Crippen LogP contribution in [0.25, 0.3) is 0 Å². The van der Waals surface area contributed by atoms with Crippen LogP contribution in [0.4, 0.5) is 0 Å². The average molecular weight is 634 g/mol. The van der Waals surface area contributed by atoms with Crippen LogP contribution in [0.3, 0.4) is 0 Å². The minimum atomic E-state index is -0.311. The number of phenols is 2. The highest BCUT2D eigenvalue weighted by molar-refractivity contribution is 5.53. The minimum absolute atomic E-state index is 0.141. The Morgan fingerprint density at radius 2 is 0.826 bits per heavy atom. The third-order valence-corrected chi connectivity index (χ3v) is 8.21. The second-order valence-corrected chi connectivity index (χ2v) is 16.8. The number of ether oxygens (including phenoxy) is 2. The Bertz CT molecular complexity index is 1310. The molecule has 7 heteroatoms. The van der Waals surface area contributed by atoms with Gasteiger partial charge in [0.1, 0.15) is 28.8 Å². The first kappa shape index (κ1) is 37.1. The Balaban J connectivity index is 2.09. The van der Waals surface area contributed by atoms with E-state index in [9.17, 15) is 10.2 Å². The summed E-state index contributed by atoms with van der Waals surface area (Å²) in [5, 5.41) is 22.4. The largest absolute Gasteiger partial charge is 0.507 e. The fourth-order valence-electron chi connectivity index (χ4n) is 5.48. The van der Waals surface area contributed by atoms with Crippen molar-refractivity contribution in [1.82, 2.24) is 15.0 Å². The molecule has 0 amide bonds. The highest BCUT2D eigenvalue weighted by Crippen LogP contribution is 2.44. The SMILES string of the molecule is CCCCCCCCc1nc(Oc2cc(C(C)(C)C)c(O)c(C(C)(C)C)c2)nc(Oc2cc(C(C)(C)C)c(O)c(C(C)(C)C)c2)n1. The third kappa shape index (κ3) is 9.83. The first-order chi connectivity index (χ1) is 21.1. The number of unbranched alkanes of at least 4 members (excludes halogenated alkanes) is 5. The molecule has 2 aromatic carbocycles. The van der Waals surface area contributed by atoms with Gasteiger partial charge in [0, 0.05) is 28.7 Å². The number of hydrogen-bond donors (Lipinski definition) is 2. The van der Waals surface area contributed by atoms with Crippen LogP contribution in [0.15, 0.2) is 24.3 Å². The highest BCUT2D eigenvalue weighted by Gasteiger charge is 2.29.